The molecule has 0 spiro atoms. The van der Waals surface area contributed by atoms with E-state index in [2.05, 4.69) is 62.4 Å². The lowest BCUT2D eigenvalue weighted by atomic mass is 9.68. The van der Waals surface area contributed by atoms with E-state index in [4.69, 9.17) is 11.8 Å². The van der Waals surface area contributed by atoms with Gasteiger partial charge in [-0.3, -0.25) is 0 Å². The Kier molecular flexibility index (Phi) is 3.67. The summed E-state index contributed by atoms with van der Waals surface area (Å²) in [6, 6.07) is 19.0. The van der Waals surface area contributed by atoms with E-state index in [-0.39, 0.29) is 17.0 Å². The van der Waals surface area contributed by atoms with Crippen LogP contribution in [0, 0.1) is 5.41 Å². The minimum Gasteiger partial charge on any atom is -0.303 e. The molecule has 2 aromatic rings. The van der Waals surface area contributed by atoms with Crippen molar-refractivity contribution in [2.45, 2.75) is 25.4 Å². The molecule has 0 saturated carbocycles. The van der Waals surface area contributed by atoms with Gasteiger partial charge in [0.25, 0.3) is 0 Å². The molecule has 1 saturated heterocycles. The average molecular weight is 352 g/mol. The zero-order valence-corrected chi connectivity index (χ0v) is 15.7. The molecule has 1 nitrogen and oxygen atoms in total. The van der Waals surface area contributed by atoms with Crippen molar-refractivity contribution in [3.63, 3.8) is 0 Å². The van der Waals surface area contributed by atoms with Crippen LogP contribution in [0.15, 0.2) is 66.2 Å². The maximum atomic E-state index is 12.2. The van der Waals surface area contributed by atoms with Crippen LogP contribution >= 0.6 is 6.04 Å². The van der Waals surface area contributed by atoms with Gasteiger partial charge < -0.3 is 4.79 Å². The summed E-state index contributed by atoms with van der Waals surface area (Å²) in [7, 11) is 0. The Labute approximate surface area is 148 Å². The lowest BCUT2D eigenvalue weighted by Crippen LogP contribution is -2.31. The highest BCUT2D eigenvalue weighted by Gasteiger charge is 2.62. The summed E-state index contributed by atoms with van der Waals surface area (Å²) in [5.41, 5.74) is 3.84. The zero-order valence-electron chi connectivity index (χ0n) is 14.0. The fraction of sp³-hybridized carbons (Fsp3) is 0.286. The molecule has 2 heterocycles. The first-order chi connectivity index (χ1) is 11.5. The molecule has 0 aromatic heterocycles. The summed E-state index contributed by atoms with van der Waals surface area (Å²) < 4.78 is 0. The third kappa shape index (κ3) is 2.00. The molecule has 3 heteroatoms. The Balaban J connectivity index is 1.95. The predicted octanol–water partition coefficient (Wildman–Crippen LogP) is 5.28. The third-order valence-electron chi connectivity index (χ3n) is 6.01. The van der Waals surface area contributed by atoms with Crippen LogP contribution in [0.3, 0.4) is 0 Å². The Morgan fingerprint density at radius 3 is 2.25 bits per heavy atom. The molecule has 122 valence electrons. The van der Waals surface area contributed by atoms with Gasteiger partial charge in [0.15, 0.2) is 0 Å². The minimum absolute atomic E-state index is 0.00632. The quantitative estimate of drug-likeness (QED) is 0.552. The number of hydrogen-bond acceptors (Lipinski definition) is 2. The predicted molar refractivity (Wildman–Crippen MR) is 105 cm³/mol. The number of allylic oxidation sites excluding steroid dienone is 1. The topological polar surface area (TPSA) is 17.1 Å². The van der Waals surface area contributed by atoms with Crippen LogP contribution < -0.4 is 0 Å². The number of hydrogen-bond donors (Lipinski definition) is 0. The molecular weight excluding hydrogens is 331 g/mol. The Morgan fingerprint density at radius 1 is 1.08 bits per heavy atom. The van der Waals surface area contributed by atoms with Crippen molar-refractivity contribution in [2.75, 3.05) is 6.16 Å². The first-order valence-electron chi connectivity index (χ1n) is 8.39. The second-order valence-electron chi connectivity index (χ2n) is 7.23. The van der Waals surface area contributed by atoms with Crippen LogP contribution in [-0.4, -0.2) is 18.1 Å². The molecule has 1 unspecified atom stereocenters. The molecule has 0 amide bonds. The molecule has 0 N–H and O–H groups in total. The molecule has 2 aromatic carbocycles. The monoisotopic (exact) mass is 352 g/mol. The second-order valence-corrected chi connectivity index (χ2v) is 12.1. The summed E-state index contributed by atoms with van der Waals surface area (Å²) in [5, 5.41) is 1.32. The van der Waals surface area contributed by atoms with E-state index in [1.165, 1.54) is 28.3 Å². The summed E-state index contributed by atoms with van der Waals surface area (Å²) in [4.78, 5) is 12.2. The number of carbonyl (C=O) groups excluding carboxylic acids is 1. The van der Waals surface area contributed by atoms with Gasteiger partial charge in [0.05, 0.1) is 5.66 Å². The van der Waals surface area contributed by atoms with Gasteiger partial charge in [-0.1, -0.05) is 85.0 Å². The first kappa shape index (κ1) is 16.0. The van der Waals surface area contributed by atoms with Crippen LogP contribution in [0.4, 0.5) is 0 Å². The van der Waals surface area contributed by atoms with Gasteiger partial charge in [-0.05, 0) is 35.6 Å². The maximum absolute atomic E-state index is 12.2. The SMILES string of the molecule is CC1=C(c2ccccc2)P2(=S)C[C@@]1(C)[C@@H](c1ccccc1)[C@@H]2C=O. The lowest BCUT2D eigenvalue weighted by molar-refractivity contribution is -0.108. The van der Waals surface area contributed by atoms with E-state index in [9.17, 15) is 4.79 Å². The summed E-state index contributed by atoms with van der Waals surface area (Å²) in [6.07, 6.45) is 2.15. The van der Waals surface area contributed by atoms with E-state index in [0.29, 0.717) is 0 Å². The standard InChI is InChI=1S/C21H21OPS/c1-15-20(17-11-7-4-8-12-17)23(24)14-21(15,2)19(18(23)13-22)16-9-5-3-6-10-16/h3-13,18-19H,14H2,1-2H3/t18-,19-,21+,23?/m0/s1. The molecule has 2 bridgehead atoms. The Morgan fingerprint density at radius 2 is 1.67 bits per heavy atom. The van der Waals surface area contributed by atoms with Crippen LogP contribution in [0.25, 0.3) is 5.31 Å². The van der Waals surface area contributed by atoms with Gasteiger partial charge >= 0.3 is 0 Å². The van der Waals surface area contributed by atoms with Crippen molar-refractivity contribution in [3.8, 4) is 0 Å². The number of rotatable bonds is 3. The first-order valence-corrected chi connectivity index (χ1v) is 11.4. The van der Waals surface area contributed by atoms with Crippen molar-refractivity contribution in [3.05, 3.63) is 77.4 Å². The van der Waals surface area contributed by atoms with E-state index in [0.717, 1.165) is 6.16 Å². The molecule has 2 aliphatic heterocycles. The minimum atomic E-state index is -1.92. The maximum Gasteiger partial charge on any atom is 0.129 e. The van der Waals surface area contributed by atoms with Crippen LogP contribution in [0.1, 0.15) is 30.9 Å². The molecular formula is C21H21OPS. The van der Waals surface area contributed by atoms with Gasteiger partial charge in [0, 0.05) is 11.3 Å². The van der Waals surface area contributed by atoms with Crippen molar-refractivity contribution >= 4 is 29.4 Å². The van der Waals surface area contributed by atoms with Gasteiger partial charge in [-0.15, -0.1) is 0 Å². The van der Waals surface area contributed by atoms with Gasteiger partial charge in [-0.2, -0.15) is 0 Å². The normalized spacial score (nSPS) is 34.6. The molecule has 24 heavy (non-hydrogen) atoms. The summed E-state index contributed by atoms with van der Waals surface area (Å²) in [6.45, 7) is 4.56. The highest BCUT2D eigenvalue weighted by molar-refractivity contribution is 8.20. The number of fused-ring (bicyclic) bond motifs is 2. The zero-order chi connectivity index (χ0) is 16.9. The van der Waals surface area contributed by atoms with E-state index in [1.807, 2.05) is 12.1 Å². The van der Waals surface area contributed by atoms with Crippen LogP contribution in [-0.2, 0) is 16.6 Å². The smallest absolute Gasteiger partial charge is 0.129 e. The van der Waals surface area contributed by atoms with Crippen molar-refractivity contribution in [1.29, 1.82) is 0 Å². The summed E-state index contributed by atoms with van der Waals surface area (Å²) >= 11 is 6.28. The number of aldehydes is 1. The number of carbonyl (C=O) groups is 1. The average Bonchev–Trinajstić information content (AvgIpc) is 2.96. The molecule has 2 aliphatic rings. The fourth-order valence-corrected chi connectivity index (χ4v) is 11.6. The van der Waals surface area contributed by atoms with Gasteiger partial charge in [-0.25, -0.2) is 0 Å². The van der Waals surface area contributed by atoms with E-state index in [1.54, 1.807) is 0 Å². The van der Waals surface area contributed by atoms with Gasteiger partial charge in [0.1, 0.15) is 6.29 Å². The highest BCUT2D eigenvalue weighted by Crippen LogP contribution is 2.82. The third-order valence-corrected chi connectivity index (χ3v) is 11.5. The molecule has 0 aliphatic carbocycles. The van der Waals surface area contributed by atoms with Crippen LogP contribution in [0.2, 0.25) is 0 Å². The Bertz CT molecular complexity index is 871. The molecule has 4 atom stereocenters. The van der Waals surface area contributed by atoms with Crippen molar-refractivity contribution in [2.24, 2.45) is 5.41 Å². The largest absolute Gasteiger partial charge is 0.303 e. The summed E-state index contributed by atoms with van der Waals surface area (Å²) in [5.74, 6) is 0.217. The fourth-order valence-electron chi connectivity index (χ4n) is 4.88. The van der Waals surface area contributed by atoms with E-state index < -0.39 is 6.04 Å². The van der Waals surface area contributed by atoms with Gasteiger partial charge in [0.2, 0.25) is 0 Å². The van der Waals surface area contributed by atoms with Crippen molar-refractivity contribution in [1.82, 2.24) is 0 Å². The highest BCUT2D eigenvalue weighted by atomic mass is 32.4. The van der Waals surface area contributed by atoms with Crippen molar-refractivity contribution < 1.29 is 4.79 Å². The molecule has 4 rings (SSSR count). The number of benzene rings is 2. The van der Waals surface area contributed by atoms with Crippen LogP contribution in [0.5, 0.6) is 0 Å². The van der Waals surface area contributed by atoms with E-state index >= 15 is 0 Å². The Hall–Kier alpha value is -1.50. The second kappa shape index (κ2) is 5.51. The lowest BCUT2D eigenvalue weighted by Gasteiger charge is -2.38. The molecule has 0 radical (unpaired) electrons. The molecule has 1 fully saturated rings.